The highest BCUT2D eigenvalue weighted by Crippen LogP contribution is 2.32. The van der Waals surface area contributed by atoms with Crippen molar-refractivity contribution < 1.29 is 9.50 Å². The molecule has 0 spiro atoms. The molecular weight excluding hydrogens is 245 g/mol. The summed E-state index contributed by atoms with van der Waals surface area (Å²) in [4.78, 5) is 11.6. The van der Waals surface area contributed by atoms with Crippen LogP contribution in [-0.2, 0) is 7.05 Å². The highest BCUT2D eigenvalue weighted by Gasteiger charge is 2.13. The summed E-state index contributed by atoms with van der Waals surface area (Å²) < 4.78 is 15.5. The van der Waals surface area contributed by atoms with Crippen LogP contribution in [0.15, 0.2) is 35.3 Å². The van der Waals surface area contributed by atoms with Gasteiger partial charge in [0.15, 0.2) is 0 Å². The van der Waals surface area contributed by atoms with Gasteiger partial charge in [-0.1, -0.05) is 13.8 Å². The Labute approximate surface area is 110 Å². The summed E-state index contributed by atoms with van der Waals surface area (Å²) in [7, 11) is 1.63. The van der Waals surface area contributed by atoms with Crippen molar-refractivity contribution in [2.24, 2.45) is 7.05 Å². The molecule has 100 valence electrons. The van der Waals surface area contributed by atoms with Crippen LogP contribution in [0.4, 0.5) is 4.39 Å². The maximum absolute atomic E-state index is 14.1. The lowest BCUT2D eigenvalue weighted by molar-refractivity contribution is 0.462. The van der Waals surface area contributed by atoms with Gasteiger partial charge in [0.2, 0.25) is 0 Å². The van der Waals surface area contributed by atoms with E-state index < -0.39 is 5.82 Å². The molecule has 0 amide bonds. The molecule has 0 saturated carbocycles. The Balaban J connectivity index is 2.60. The van der Waals surface area contributed by atoms with Crippen LogP contribution in [0.2, 0.25) is 0 Å². The first-order valence-electron chi connectivity index (χ1n) is 6.09. The molecule has 1 heterocycles. The lowest BCUT2D eigenvalue weighted by atomic mass is 9.97. The number of benzene rings is 1. The van der Waals surface area contributed by atoms with Crippen LogP contribution in [0.1, 0.15) is 25.3 Å². The normalized spacial score (nSPS) is 11.0. The summed E-state index contributed by atoms with van der Waals surface area (Å²) in [5.74, 6) is -0.353. The fraction of sp³-hybridized carbons (Fsp3) is 0.267. The molecular formula is C15H16FNO2. The Morgan fingerprint density at radius 3 is 2.53 bits per heavy atom. The Kier molecular flexibility index (Phi) is 3.42. The summed E-state index contributed by atoms with van der Waals surface area (Å²) in [5.41, 5.74) is 1.04. The molecule has 1 aromatic carbocycles. The molecule has 1 aromatic heterocycles. The standard InChI is InChI=1S/C15H16FNO2/c1-9(2)11-7-13(16)12(8-14(11)18)10-4-5-17(3)15(19)6-10/h4-9,18H,1-3H3. The Morgan fingerprint density at radius 1 is 1.26 bits per heavy atom. The van der Waals surface area contributed by atoms with E-state index in [2.05, 4.69) is 0 Å². The minimum Gasteiger partial charge on any atom is -0.508 e. The predicted octanol–water partition coefficient (Wildman–Crippen LogP) is 3.02. The van der Waals surface area contributed by atoms with E-state index >= 15 is 0 Å². The summed E-state index contributed by atoms with van der Waals surface area (Å²) in [6.45, 7) is 3.76. The number of phenolic OH excluding ortho intramolecular Hbond substituents is 1. The SMILES string of the molecule is CC(C)c1cc(F)c(-c2ccn(C)c(=O)c2)cc1O. The van der Waals surface area contributed by atoms with Crippen molar-refractivity contribution >= 4 is 0 Å². The van der Waals surface area contributed by atoms with Gasteiger partial charge in [-0.25, -0.2) is 4.39 Å². The van der Waals surface area contributed by atoms with Crippen molar-refractivity contribution in [1.29, 1.82) is 0 Å². The topological polar surface area (TPSA) is 42.2 Å². The van der Waals surface area contributed by atoms with Crippen LogP contribution in [0.5, 0.6) is 5.75 Å². The second-order valence-electron chi connectivity index (χ2n) is 4.91. The molecule has 0 saturated heterocycles. The number of halogens is 1. The number of aromatic nitrogens is 1. The molecule has 0 aliphatic carbocycles. The van der Waals surface area contributed by atoms with Gasteiger partial charge in [-0.15, -0.1) is 0 Å². The zero-order valence-corrected chi connectivity index (χ0v) is 11.1. The van der Waals surface area contributed by atoms with Gasteiger partial charge in [0.1, 0.15) is 11.6 Å². The first-order chi connectivity index (χ1) is 8.90. The van der Waals surface area contributed by atoms with E-state index in [1.807, 2.05) is 13.8 Å². The van der Waals surface area contributed by atoms with Gasteiger partial charge in [-0.3, -0.25) is 4.79 Å². The molecule has 4 heteroatoms. The van der Waals surface area contributed by atoms with Crippen molar-refractivity contribution in [3.8, 4) is 16.9 Å². The Morgan fingerprint density at radius 2 is 1.95 bits per heavy atom. The van der Waals surface area contributed by atoms with Crippen molar-refractivity contribution in [2.45, 2.75) is 19.8 Å². The van der Waals surface area contributed by atoms with Gasteiger partial charge >= 0.3 is 0 Å². The number of nitrogens with zero attached hydrogens (tertiary/aromatic N) is 1. The van der Waals surface area contributed by atoms with E-state index in [0.29, 0.717) is 11.1 Å². The molecule has 2 rings (SSSR count). The van der Waals surface area contributed by atoms with E-state index in [1.165, 1.54) is 22.8 Å². The van der Waals surface area contributed by atoms with Crippen molar-refractivity contribution in [1.82, 2.24) is 4.57 Å². The molecule has 0 bridgehead atoms. The van der Waals surface area contributed by atoms with Crippen LogP contribution in [0.3, 0.4) is 0 Å². The molecule has 0 atom stereocenters. The molecule has 0 fully saturated rings. The van der Waals surface area contributed by atoms with Gasteiger partial charge in [-0.05, 0) is 35.2 Å². The fourth-order valence-electron chi connectivity index (χ4n) is 1.98. The fourth-order valence-corrected chi connectivity index (χ4v) is 1.98. The number of aromatic hydroxyl groups is 1. The molecule has 19 heavy (non-hydrogen) atoms. The molecule has 0 aliphatic heterocycles. The maximum atomic E-state index is 14.1. The van der Waals surface area contributed by atoms with Gasteiger partial charge in [0.05, 0.1) is 0 Å². The van der Waals surface area contributed by atoms with Crippen LogP contribution < -0.4 is 5.56 Å². The monoisotopic (exact) mass is 261 g/mol. The lowest BCUT2D eigenvalue weighted by Gasteiger charge is -2.12. The van der Waals surface area contributed by atoms with Crippen molar-refractivity contribution in [3.63, 3.8) is 0 Å². The van der Waals surface area contributed by atoms with Gasteiger partial charge in [0, 0.05) is 24.9 Å². The quantitative estimate of drug-likeness (QED) is 0.903. The van der Waals surface area contributed by atoms with Gasteiger partial charge in [0.25, 0.3) is 5.56 Å². The van der Waals surface area contributed by atoms with Crippen LogP contribution in [0.25, 0.3) is 11.1 Å². The zero-order chi connectivity index (χ0) is 14.2. The third-order valence-electron chi connectivity index (χ3n) is 3.15. The second kappa shape index (κ2) is 4.88. The highest BCUT2D eigenvalue weighted by atomic mass is 19.1. The van der Waals surface area contributed by atoms with Crippen LogP contribution >= 0.6 is 0 Å². The second-order valence-corrected chi connectivity index (χ2v) is 4.91. The smallest absolute Gasteiger partial charge is 0.250 e. The number of aryl methyl sites for hydroxylation is 1. The van der Waals surface area contributed by atoms with Gasteiger partial charge in [-0.2, -0.15) is 0 Å². The lowest BCUT2D eigenvalue weighted by Crippen LogP contribution is -2.14. The highest BCUT2D eigenvalue weighted by molar-refractivity contribution is 5.66. The van der Waals surface area contributed by atoms with Crippen LogP contribution in [0, 0.1) is 5.82 Å². The summed E-state index contributed by atoms with van der Waals surface area (Å²) in [6, 6.07) is 5.70. The third-order valence-corrected chi connectivity index (χ3v) is 3.15. The molecule has 0 aliphatic rings. The summed E-state index contributed by atoms with van der Waals surface area (Å²) >= 11 is 0. The molecule has 0 unspecified atom stereocenters. The summed E-state index contributed by atoms with van der Waals surface area (Å²) in [5, 5.41) is 9.92. The molecule has 1 N–H and O–H groups in total. The molecule has 2 aromatic rings. The number of hydrogen-bond acceptors (Lipinski definition) is 2. The molecule has 3 nitrogen and oxygen atoms in total. The largest absolute Gasteiger partial charge is 0.508 e. The van der Waals surface area contributed by atoms with Crippen molar-refractivity contribution in [3.05, 3.63) is 52.2 Å². The van der Waals surface area contributed by atoms with E-state index in [1.54, 1.807) is 19.3 Å². The average molecular weight is 261 g/mol. The average Bonchev–Trinajstić information content (AvgIpc) is 2.35. The number of rotatable bonds is 2. The first kappa shape index (κ1) is 13.3. The van der Waals surface area contributed by atoms with E-state index in [9.17, 15) is 14.3 Å². The summed E-state index contributed by atoms with van der Waals surface area (Å²) in [6.07, 6.45) is 1.57. The Hall–Kier alpha value is -2.10. The minimum atomic E-state index is -0.435. The zero-order valence-electron chi connectivity index (χ0n) is 11.1. The maximum Gasteiger partial charge on any atom is 0.250 e. The Bertz CT molecular complexity index is 674. The van der Waals surface area contributed by atoms with E-state index in [0.717, 1.165) is 0 Å². The third kappa shape index (κ3) is 2.52. The number of phenols is 1. The van der Waals surface area contributed by atoms with E-state index in [4.69, 9.17) is 0 Å². The molecule has 0 radical (unpaired) electrons. The first-order valence-corrected chi connectivity index (χ1v) is 6.09. The minimum absolute atomic E-state index is 0.0344. The number of pyridine rings is 1. The van der Waals surface area contributed by atoms with Crippen molar-refractivity contribution in [2.75, 3.05) is 0 Å². The van der Waals surface area contributed by atoms with E-state index in [-0.39, 0.29) is 22.8 Å². The van der Waals surface area contributed by atoms with Crippen LogP contribution in [-0.4, -0.2) is 9.67 Å². The number of hydrogen-bond donors (Lipinski definition) is 1. The predicted molar refractivity (Wildman–Crippen MR) is 72.8 cm³/mol. The van der Waals surface area contributed by atoms with Gasteiger partial charge < -0.3 is 9.67 Å².